The zero-order valence-corrected chi connectivity index (χ0v) is 9.25. The lowest BCUT2D eigenvalue weighted by Crippen LogP contribution is -2.23. The van der Waals surface area contributed by atoms with E-state index in [9.17, 15) is 0 Å². The highest BCUT2D eigenvalue weighted by Crippen LogP contribution is 2.12. The first kappa shape index (κ1) is 11.2. The van der Waals surface area contributed by atoms with E-state index >= 15 is 0 Å². The predicted molar refractivity (Wildman–Crippen MR) is 58.0 cm³/mol. The molecule has 0 aliphatic heterocycles. The lowest BCUT2D eigenvalue weighted by Gasteiger charge is -2.18. The number of hydrogen-bond donors (Lipinski definition) is 2. The Labute approximate surface area is 85.5 Å². The molecule has 0 fully saturated rings. The first-order chi connectivity index (χ1) is 6.54. The van der Waals surface area contributed by atoms with Crippen LogP contribution in [0.2, 0.25) is 0 Å². The van der Waals surface area contributed by atoms with Crippen molar-refractivity contribution in [2.24, 2.45) is 5.73 Å². The SMILES string of the molecule is CC(C)(C)n1cc(CNCCN)cn1. The molecule has 4 nitrogen and oxygen atoms in total. The minimum Gasteiger partial charge on any atom is -0.329 e. The fourth-order valence-corrected chi connectivity index (χ4v) is 1.15. The first-order valence-electron chi connectivity index (χ1n) is 4.99. The Kier molecular flexibility index (Phi) is 3.66. The van der Waals surface area contributed by atoms with Crippen LogP contribution in [0.15, 0.2) is 12.4 Å². The molecule has 1 heterocycles. The number of rotatable bonds is 4. The van der Waals surface area contributed by atoms with Crippen molar-refractivity contribution in [2.75, 3.05) is 13.1 Å². The van der Waals surface area contributed by atoms with Gasteiger partial charge >= 0.3 is 0 Å². The summed E-state index contributed by atoms with van der Waals surface area (Å²) >= 11 is 0. The molecule has 0 saturated heterocycles. The van der Waals surface area contributed by atoms with Crippen molar-refractivity contribution in [3.8, 4) is 0 Å². The highest BCUT2D eigenvalue weighted by molar-refractivity contribution is 5.04. The van der Waals surface area contributed by atoms with Crippen molar-refractivity contribution < 1.29 is 0 Å². The molecule has 14 heavy (non-hydrogen) atoms. The molecule has 1 rings (SSSR count). The molecule has 0 radical (unpaired) electrons. The van der Waals surface area contributed by atoms with Crippen LogP contribution in [0.3, 0.4) is 0 Å². The fourth-order valence-electron chi connectivity index (χ4n) is 1.15. The summed E-state index contributed by atoms with van der Waals surface area (Å²) in [6, 6.07) is 0. The molecule has 0 saturated carbocycles. The van der Waals surface area contributed by atoms with Gasteiger partial charge in [0.1, 0.15) is 0 Å². The molecular weight excluding hydrogens is 176 g/mol. The third-order valence-electron chi connectivity index (χ3n) is 1.97. The van der Waals surface area contributed by atoms with Gasteiger partial charge in [-0.15, -0.1) is 0 Å². The molecule has 0 unspecified atom stereocenters. The van der Waals surface area contributed by atoms with Crippen molar-refractivity contribution >= 4 is 0 Å². The monoisotopic (exact) mass is 196 g/mol. The summed E-state index contributed by atoms with van der Waals surface area (Å²) in [4.78, 5) is 0. The normalized spacial score (nSPS) is 12.0. The summed E-state index contributed by atoms with van der Waals surface area (Å²) in [5.74, 6) is 0. The van der Waals surface area contributed by atoms with Gasteiger partial charge in [-0.3, -0.25) is 4.68 Å². The number of aromatic nitrogens is 2. The average Bonchev–Trinajstić information content (AvgIpc) is 2.52. The number of nitrogens with zero attached hydrogens (tertiary/aromatic N) is 2. The van der Waals surface area contributed by atoms with Gasteiger partial charge in [-0.1, -0.05) is 0 Å². The van der Waals surface area contributed by atoms with Gasteiger partial charge in [0.05, 0.1) is 11.7 Å². The minimum atomic E-state index is 0.0616. The molecule has 3 N–H and O–H groups in total. The summed E-state index contributed by atoms with van der Waals surface area (Å²) in [6.45, 7) is 8.77. The van der Waals surface area contributed by atoms with Gasteiger partial charge in [-0.05, 0) is 20.8 Å². The maximum atomic E-state index is 5.38. The number of nitrogens with one attached hydrogen (secondary N) is 1. The number of nitrogens with two attached hydrogens (primary N) is 1. The van der Waals surface area contributed by atoms with E-state index in [1.165, 1.54) is 5.56 Å². The lowest BCUT2D eigenvalue weighted by molar-refractivity contribution is 0.355. The van der Waals surface area contributed by atoms with E-state index in [2.05, 4.69) is 37.4 Å². The van der Waals surface area contributed by atoms with Crippen LogP contribution in [0.1, 0.15) is 26.3 Å². The van der Waals surface area contributed by atoms with Gasteiger partial charge in [-0.2, -0.15) is 5.10 Å². The molecule has 0 aromatic carbocycles. The summed E-state index contributed by atoms with van der Waals surface area (Å²) in [5.41, 5.74) is 6.65. The molecule has 0 atom stereocenters. The summed E-state index contributed by atoms with van der Waals surface area (Å²) < 4.78 is 1.98. The van der Waals surface area contributed by atoms with Crippen molar-refractivity contribution in [3.05, 3.63) is 18.0 Å². The van der Waals surface area contributed by atoms with Crippen LogP contribution in [-0.2, 0) is 12.1 Å². The van der Waals surface area contributed by atoms with Gasteiger partial charge in [0, 0.05) is 31.4 Å². The van der Waals surface area contributed by atoms with Crippen LogP contribution >= 0.6 is 0 Å². The van der Waals surface area contributed by atoms with E-state index in [1.807, 2.05) is 10.9 Å². The van der Waals surface area contributed by atoms with E-state index < -0.39 is 0 Å². The Balaban J connectivity index is 2.51. The topological polar surface area (TPSA) is 55.9 Å². The fraction of sp³-hybridized carbons (Fsp3) is 0.700. The second-order valence-electron chi connectivity index (χ2n) is 4.43. The van der Waals surface area contributed by atoms with Gasteiger partial charge in [0.15, 0.2) is 0 Å². The van der Waals surface area contributed by atoms with Crippen molar-refractivity contribution in [2.45, 2.75) is 32.9 Å². The molecule has 0 spiro atoms. The molecule has 4 heteroatoms. The van der Waals surface area contributed by atoms with Crippen molar-refractivity contribution in [1.82, 2.24) is 15.1 Å². The van der Waals surface area contributed by atoms with E-state index in [4.69, 9.17) is 5.73 Å². The average molecular weight is 196 g/mol. The lowest BCUT2D eigenvalue weighted by atomic mass is 10.1. The molecule has 0 amide bonds. The van der Waals surface area contributed by atoms with Gasteiger partial charge in [-0.25, -0.2) is 0 Å². The van der Waals surface area contributed by atoms with Crippen LogP contribution in [0.4, 0.5) is 0 Å². The highest BCUT2D eigenvalue weighted by Gasteiger charge is 2.13. The zero-order valence-electron chi connectivity index (χ0n) is 9.25. The van der Waals surface area contributed by atoms with E-state index in [0.29, 0.717) is 6.54 Å². The van der Waals surface area contributed by atoms with Crippen molar-refractivity contribution in [3.63, 3.8) is 0 Å². The third-order valence-corrected chi connectivity index (χ3v) is 1.97. The Hall–Kier alpha value is -0.870. The molecule has 1 aromatic rings. The second kappa shape index (κ2) is 4.57. The van der Waals surface area contributed by atoms with Gasteiger partial charge in [0.25, 0.3) is 0 Å². The van der Waals surface area contributed by atoms with Crippen LogP contribution < -0.4 is 11.1 Å². The van der Waals surface area contributed by atoms with Crippen LogP contribution in [0.25, 0.3) is 0 Å². The summed E-state index contributed by atoms with van der Waals surface area (Å²) in [5, 5.41) is 7.55. The van der Waals surface area contributed by atoms with Gasteiger partial charge < -0.3 is 11.1 Å². The number of hydrogen-bond acceptors (Lipinski definition) is 3. The summed E-state index contributed by atoms with van der Waals surface area (Å²) in [7, 11) is 0. The maximum absolute atomic E-state index is 5.38. The van der Waals surface area contributed by atoms with E-state index in [1.54, 1.807) is 0 Å². The first-order valence-corrected chi connectivity index (χ1v) is 4.99. The quantitative estimate of drug-likeness (QED) is 0.696. The predicted octanol–water partition coefficient (Wildman–Crippen LogP) is 0.686. The van der Waals surface area contributed by atoms with Crippen LogP contribution in [0, 0.1) is 0 Å². The Morgan fingerprint density at radius 2 is 2.21 bits per heavy atom. The molecule has 80 valence electrons. The molecule has 0 bridgehead atoms. The molecule has 1 aromatic heterocycles. The smallest absolute Gasteiger partial charge is 0.0543 e. The van der Waals surface area contributed by atoms with Gasteiger partial charge in [0.2, 0.25) is 0 Å². The Morgan fingerprint density at radius 1 is 1.50 bits per heavy atom. The Bertz CT molecular complexity index is 272. The largest absolute Gasteiger partial charge is 0.329 e. The second-order valence-corrected chi connectivity index (χ2v) is 4.43. The minimum absolute atomic E-state index is 0.0616. The summed E-state index contributed by atoms with van der Waals surface area (Å²) in [6.07, 6.45) is 3.97. The van der Waals surface area contributed by atoms with Crippen LogP contribution in [0.5, 0.6) is 0 Å². The molecule has 0 aliphatic carbocycles. The standard InChI is InChI=1S/C10H20N4/c1-10(2,3)14-8-9(7-13-14)6-12-5-4-11/h7-8,12H,4-6,11H2,1-3H3. The van der Waals surface area contributed by atoms with Crippen molar-refractivity contribution in [1.29, 1.82) is 0 Å². The van der Waals surface area contributed by atoms with E-state index in [-0.39, 0.29) is 5.54 Å². The molecular formula is C10H20N4. The zero-order chi connectivity index (χ0) is 10.6. The van der Waals surface area contributed by atoms with Crippen LogP contribution in [-0.4, -0.2) is 22.9 Å². The maximum Gasteiger partial charge on any atom is 0.0543 e. The highest BCUT2D eigenvalue weighted by atomic mass is 15.3. The van der Waals surface area contributed by atoms with E-state index in [0.717, 1.165) is 13.1 Å². The third kappa shape index (κ3) is 3.12. The molecule has 0 aliphatic rings. The Morgan fingerprint density at radius 3 is 2.71 bits per heavy atom.